The Labute approximate surface area is 213 Å². The summed E-state index contributed by atoms with van der Waals surface area (Å²) in [4.78, 5) is 27.2. The molecule has 1 aliphatic heterocycles. The van der Waals surface area contributed by atoms with Gasteiger partial charge in [0.2, 0.25) is 15.9 Å². The zero-order valence-electron chi connectivity index (χ0n) is 21.7. The smallest absolute Gasteiger partial charge is 0.337 e. The molecule has 0 spiro atoms. The Morgan fingerprint density at radius 1 is 1.06 bits per heavy atom. The molecule has 0 N–H and O–H groups in total. The molecule has 1 amide bonds. The van der Waals surface area contributed by atoms with Crippen LogP contribution in [0.1, 0.15) is 49.2 Å². The van der Waals surface area contributed by atoms with Gasteiger partial charge in [-0.15, -0.1) is 0 Å². The van der Waals surface area contributed by atoms with Gasteiger partial charge in [0.05, 0.1) is 30.7 Å². The van der Waals surface area contributed by atoms with E-state index in [1.807, 2.05) is 24.8 Å². The molecule has 1 aliphatic rings. The van der Waals surface area contributed by atoms with Crippen molar-refractivity contribution in [2.45, 2.75) is 40.8 Å². The van der Waals surface area contributed by atoms with E-state index in [9.17, 15) is 22.4 Å². The molecule has 8 nitrogen and oxygen atoms in total. The van der Waals surface area contributed by atoms with Crippen LogP contribution in [0.5, 0.6) is 0 Å². The Kier molecular flexibility index (Phi) is 10.9. The van der Waals surface area contributed by atoms with Gasteiger partial charge in [0, 0.05) is 45.2 Å². The minimum absolute atomic E-state index is 0.0560. The van der Waals surface area contributed by atoms with Crippen LogP contribution in [0.25, 0.3) is 0 Å². The average molecular weight is 522 g/mol. The third-order valence-corrected chi connectivity index (χ3v) is 7.65. The number of methoxy groups -OCH3 is 1. The maximum atomic E-state index is 14.7. The van der Waals surface area contributed by atoms with Crippen molar-refractivity contribution in [1.82, 2.24) is 9.80 Å². The largest absolute Gasteiger partial charge is 0.465 e. The Balaban J connectivity index is 0.00000222. The quantitative estimate of drug-likeness (QED) is 0.493. The lowest BCUT2D eigenvalue weighted by molar-refractivity contribution is -0.130. The number of anilines is 1. The summed E-state index contributed by atoms with van der Waals surface area (Å²) >= 11 is 0. The van der Waals surface area contributed by atoms with Crippen LogP contribution in [-0.4, -0.2) is 69.1 Å². The van der Waals surface area contributed by atoms with Gasteiger partial charge in [0.25, 0.3) is 0 Å². The topological polar surface area (TPSA) is 87.2 Å². The number of esters is 1. The van der Waals surface area contributed by atoms with E-state index in [2.05, 4.69) is 9.64 Å². The number of hydrogen-bond acceptors (Lipinski definition) is 6. The molecule has 0 unspecified atom stereocenters. The summed E-state index contributed by atoms with van der Waals surface area (Å²) in [6.45, 7) is 10.3. The highest BCUT2D eigenvalue weighted by Gasteiger charge is 2.24. The molecule has 0 atom stereocenters. The van der Waals surface area contributed by atoms with Gasteiger partial charge >= 0.3 is 5.97 Å². The first kappa shape index (κ1) is 29.3. The Morgan fingerprint density at radius 2 is 1.72 bits per heavy atom. The summed E-state index contributed by atoms with van der Waals surface area (Å²) in [7, 11) is -2.50. The van der Waals surface area contributed by atoms with Crippen LogP contribution in [0.15, 0.2) is 42.5 Å². The zero-order valence-corrected chi connectivity index (χ0v) is 22.5. The highest BCUT2D eigenvalue weighted by Crippen LogP contribution is 2.25. The SMILES string of the molecule is CC.CCS(=O)(=O)N(Cc1ccc(C(=O)OC)cc1F)c1cccc(CN2CCN(C(C)=O)CC2)c1. The van der Waals surface area contributed by atoms with Crippen LogP contribution in [0.3, 0.4) is 0 Å². The third kappa shape index (κ3) is 7.51. The predicted molar refractivity (Wildman–Crippen MR) is 139 cm³/mol. The van der Waals surface area contributed by atoms with Crippen LogP contribution in [0.2, 0.25) is 0 Å². The van der Waals surface area contributed by atoms with Gasteiger partial charge < -0.3 is 9.64 Å². The van der Waals surface area contributed by atoms with Crippen LogP contribution >= 0.6 is 0 Å². The van der Waals surface area contributed by atoms with Gasteiger partial charge in [-0.05, 0) is 36.8 Å². The molecule has 3 rings (SSSR count). The number of piperazine rings is 1. The molecule has 0 radical (unpaired) electrons. The number of carbonyl (C=O) groups excluding carboxylic acids is 2. The lowest BCUT2D eigenvalue weighted by atomic mass is 10.1. The molecular formula is C26H36FN3O5S. The van der Waals surface area contributed by atoms with E-state index >= 15 is 0 Å². The van der Waals surface area contributed by atoms with Crippen molar-refractivity contribution in [1.29, 1.82) is 0 Å². The maximum absolute atomic E-state index is 14.7. The molecule has 2 aromatic carbocycles. The van der Waals surface area contributed by atoms with Gasteiger partial charge in [0.15, 0.2) is 0 Å². The predicted octanol–water partition coefficient (Wildman–Crippen LogP) is 3.66. The highest BCUT2D eigenvalue weighted by atomic mass is 32.2. The average Bonchev–Trinajstić information content (AvgIpc) is 2.89. The second kappa shape index (κ2) is 13.4. The fraction of sp³-hybridized carbons (Fsp3) is 0.462. The van der Waals surface area contributed by atoms with Crippen molar-refractivity contribution < 1.29 is 27.1 Å². The van der Waals surface area contributed by atoms with Crippen molar-refractivity contribution in [3.05, 3.63) is 65.0 Å². The molecule has 1 saturated heterocycles. The normalized spacial score (nSPS) is 14.0. The second-order valence-electron chi connectivity index (χ2n) is 8.16. The summed E-state index contributed by atoms with van der Waals surface area (Å²) in [6, 6.07) is 11.1. The molecule has 0 aromatic heterocycles. The van der Waals surface area contributed by atoms with Gasteiger partial charge in [-0.3, -0.25) is 14.0 Å². The van der Waals surface area contributed by atoms with Crippen LogP contribution in [0, 0.1) is 5.82 Å². The molecular weight excluding hydrogens is 485 g/mol. The number of ether oxygens (including phenoxy) is 1. The van der Waals surface area contributed by atoms with Crippen LogP contribution in [-0.2, 0) is 32.6 Å². The standard InChI is InChI=1S/C24H30FN3O5S.C2H6/c1-4-34(31,32)28(17-21-9-8-20(15-23(21)25)24(30)33-3)22-7-5-6-19(14-22)16-26-10-12-27(13-11-26)18(2)29;1-2/h5-9,14-15H,4,10-13,16-17H2,1-3H3;1-2H3. The molecule has 1 heterocycles. The van der Waals surface area contributed by atoms with Gasteiger partial charge in [-0.25, -0.2) is 17.6 Å². The summed E-state index contributed by atoms with van der Waals surface area (Å²) in [5, 5.41) is 0. The van der Waals surface area contributed by atoms with Crippen molar-refractivity contribution in [3.63, 3.8) is 0 Å². The number of carbonyl (C=O) groups is 2. The zero-order chi connectivity index (χ0) is 26.9. The first-order valence-corrected chi connectivity index (χ1v) is 13.7. The van der Waals surface area contributed by atoms with E-state index in [0.717, 1.165) is 24.7 Å². The van der Waals surface area contributed by atoms with E-state index in [-0.39, 0.29) is 29.3 Å². The molecule has 0 saturated carbocycles. The Hall–Kier alpha value is -2.98. The first-order chi connectivity index (χ1) is 17.1. The Bertz CT molecular complexity index is 1150. The molecule has 1 fully saturated rings. The number of rotatable bonds is 8. The second-order valence-corrected chi connectivity index (χ2v) is 10.3. The summed E-state index contributed by atoms with van der Waals surface area (Å²) in [5.74, 6) is -1.43. The first-order valence-electron chi connectivity index (χ1n) is 12.1. The van der Waals surface area contributed by atoms with E-state index in [4.69, 9.17) is 0 Å². The minimum atomic E-state index is -3.71. The Morgan fingerprint density at radius 3 is 2.28 bits per heavy atom. The van der Waals surface area contributed by atoms with Crippen molar-refractivity contribution in [2.24, 2.45) is 0 Å². The molecule has 36 heavy (non-hydrogen) atoms. The number of sulfonamides is 1. The molecule has 10 heteroatoms. The molecule has 0 bridgehead atoms. The lowest BCUT2D eigenvalue weighted by Crippen LogP contribution is -2.47. The number of nitrogens with zero attached hydrogens (tertiary/aromatic N) is 3. The van der Waals surface area contributed by atoms with E-state index < -0.39 is 21.8 Å². The molecule has 2 aromatic rings. The third-order valence-electron chi connectivity index (χ3n) is 5.91. The lowest BCUT2D eigenvalue weighted by Gasteiger charge is -2.34. The maximum Gasteiger partial charge on any atom is 0.337 e. The monoisotopic (exact) mass is 521 g/mol. The minimum Gasteiger partial charge on any atom is -0.465 e. The summed E-state index contributed by atoms with van der Waals surface area (Å²) in [6.07, 6.45) is 0. The van der Waals surface area contributed by atoms with Gasteiger partial charge in [-0.1, -0.05) is 32.0 Å². The highest BCUT2D eigenvalue weighted by molar-refractivity contribution is 7.92. The van der Waals surface area contributed by atoms with Crippen LogP contribution in [0.4, 0.5) is 10.1 Å². The van der Waals surface area contributed by atoms with E-state index in [1.165, 1.54) is 30.5 Å². The van der Waals surface area contributed by atoms with Crippen molar-refractivity contribution in [2.75, 3.05) is 43.3 Å². The fourth-order valence-corrected chi connectivity index (χ4v) is 4.95. The summed E-state index contributed by atoms with van der Waals surface area (Å²) < 4.78 is 46.4. The number of halogens is 1. The fourth-order valence-electron chi connectivity index (χ4n) is 3.87. The molecule has 198 valence electrons. The van der Waals surface area contributed by atoms with Crippen LogP contribution < -0.4 is 4.31 Å². The van der Waals surface area contributed by atoms with E-state index in [1.54, 1.807) is 25.1 Å². The van der Waals surface area contributed by atoms with Crippen molar-refractivity contribution >= 4 is 27.6 Å². The number of benzene rings is 2. The van der Waals surface area contributed by atoms with Gasteiger partial charge in [-0.2, -0.15) is 0 Å². The summed E-state index contributed by atoms with van der Waals surface area (Å²) in [5.41, 5.74) is 1.57. The molecule has 0 aliphatic carbocycles. The van der Waals surface area contributed by atoms with E-state index in [0.29, 0.717) is 25.3 Å². The number of amides is 1. The van der Waals surface area contributed by atoms with Crippen molar-refractivity contribution in [3.8, 4) is 0 Å². The number of hydrogen-bond donors (Lipinski definition) is 0. The van der Waals surface area contributed by atoms with Gasteiger partial charge in [0.1, 0.15) is 5.82 Å².